The molecule has 4 aromatic carbocycles. The minimum absolute atomic E-state index is 0.00747. The van der Waals surface area contributed by atoms with E-state index in [0.29, 0.717) is 11.4 Å². The number of nitrogens with zero attached hydrogens (tertiary/aromatic N) is 1. The fourth-order valence-corrected chi connectivity index (χ4v) is 6.72. The summed E-state index contributed by atoms with van der Waals surface area (Å²) in [5.41, 5.74) is 3.66. The zero-order valence-corrected chi connectivity index (χ0v) is 24.7. The van der Waals surface area contributed by atoms with Crippen molar-refractivity contribution < 1.29 is 26.4 Å². The van der Waals surface area contributed by atoms with E-state index < -0.39 is 32.5 Å². The van der Waals surface area contributed by atoms with E-state index in [-0.39, 0.29) is 21.2 Å². The molecule has 4 aromatic rings. The molecular weight excluding hydrogens is 562 g/mol. The summed E-state index contributed by atoms with van der Waals surface area (Å²) in [5.74, 6) is -0.350. The fourth-order valence-electron chi connectivity index (χ4n) is 4.15. The van der Waals surface area contributed by atoms with Crippen molar-refractivity contribution in [3.63, 3.8) is 0 Å². The molecular formula is C30H31N3O6S2. The van der Waals surface area contributed by atoms with Crippen molar-refractivity contribution in [2.24, 2.45) is 0 Å². The highest BCUT2D eigenvalue weighted by molar-refractivity contribution is 7.93. The summed E-state index contributed by atoms with van der Waals surface area (Å²) in [5, 5.41) is 2.65. The first-order chi connectivity index (χ1) is 19.4. The minimum Gasteiger partial charge on any atom is -0.495 e. The van der Waals surface area contributed by atoms with Gasteiger partial charge in [0.05, 0.1) is 28.3 Å². The number of hydrogen-bond acceptors (Lipinski definition) is 6. The van der Waals surface area contributed by atoms with Gasteiger partial charge >= 0.3 is 0 Å². The van der Waals surface area contributed by atoms with Crippen molar-refractivity contribution in [1.82, 2.24) is 0 Å². The van der Waals surface area contributed by atoms with Crippen molar-refractivity contribution in [3.8, 4) is 5.75 Å². The highest BCUT2D eigenvalue weighted by Gasteiger charge is 2.29. The number of methoxy groups -OCH3 is 1. The Bertz CT molecular complexity index is 1770. The monoisotopic (exact) mass is 593 g/mol. The number of nitrogens with one attached hydrogen (secondary N) is 2. The number of carbonyl (C=O) groups is 1. The van der Waals surface area contributed by atoms with E-state index in [9.17, 15) is 21.6 Å². The Morgan fingerprint density at radius 3 is 2.02 bits per heavy atom. The van der Waals surface area contributed by atoms with Crippen molar-refractivity contribution in [1.29, 1.82) is 0 Å². The zero-order chi connectivity index (χ0) is 29.8. The quantitative estimate of drug-likeness (QED) is 0.259. The summed E-state index contributed by atoms with van der Waals surface area (Å²) in [6.07, 6.45) is 0. The standard InChI is InChI=1S/C30H31N3O6S2/c1-21-9-14-26(15-10-21)41(37,38)33(28-7-5-6-8-29(28)39-4)20-30(34)31-24-12-16-25(17-13-24)40(35,36)32-27-18-11-22(2)19-23(27)3/h5-19,32H,20H2,1-4H3,(H,31,34). The smallest absolute Gasteiger partial charge is 0.264 e. The van der Waals surface area contributed by atoms with E-state index in [0.717, 1.165) is 21.0 Å². The van der Waals surface area contributed by atoms with Crippen LogP contribution in [0, 0.1) is 20.8 Å². The Labute approximate surface area is 240 Å². The maximum absolute atomic E-state index is 13.7. The lowest BCUT2D eigenvalue weighted by Crippen LogP contribution is -2.38. The van der Waals surface area contributed by atoms with Gasteiger partial charge in [0.1, 0.15) is 12.3 Å². The van der Waals surface area contributed by atoms with Gasteiger partial charge < -0.3 is 10.1 Å². The molecule has 11 heteroatoms. The second-order valence-electron chi connectivity index (χ2n) is 9.49. The molecule has 1 amide bonds. The van der Waals surface area contributed by atoms with Crippen molar-refractivity contribution in [3.05, 3.63) is 108 Å². The molecule has 2 N–H and O–H groups in total. The van der Waals surface area contributed by atoms with Gasteiger partial charge in [0.25, 0.3) is 20.0 Å². The lowest BCUT2D eigenvalue weighted by atomic mass is 10.1. The second kappa shape index (κ2) is 12.0. The third-order valence-electron chi connectivity index (χ3n) is 6.32. The largest absolute Gasteiger partial charge is 0.495 e. The summed E-state index contributed by atoms with van der Waals surface area (Å²) in [6.45, 7) is 5.03. The number of carbonyl (C=O) groups excluding carboxylic acids is 1. The number of para-hydroxylation sites is 2. The maximum Gasteiger partial charge on any atom is 0.264 e. The van der Waals surface area contributed by atoms with Crippen molar-refractivity contribution >= 4 is 43.0 Å². The van der Waals surface area contributed by atoms with Gasteiger partial charge in [-0.15, -0.1) is 0 Å². The average molecular weight is 594 g/mol. The molecule has 0 heterocycles. The molecule has 9 nitrogen and oxygen atoms in total. The SMILES string of the molecule is COc1ccccc1N(CC(=O)Nc1ccc(S(=O)(=O)Nc2ccc(C)cc2C)cc1)S(=O)(=O)c1ccc(C)cc1. The third kappa shape index (κ3) is 6.87. The zero-order valence-electron chi connectivity index (χ0n) is 23.1. The molecule has 0 unspecified atom stereocenters. The summed E-state index contributed by atoms with van der Waals surface area (Å²) < 4.78 is 62.1. The van der Waals surface area contributed by atoms with Gasteiger partial charge in [0.15, 0.2) is 0 Å². The lowest BCUT2D eigenvalue weighted by molar-refractivity contribution is -0.114. The fraction of sp³-hybridized carbons (Fsp3) is 0.167. The number of hydrogen-bond donors (Lipinski definition) is 2. The summed E-state index contributed by atoms with van der Waals surface area (Å²) in [7, 11) is -6.61. The van der Waals surface area contributed by atoms with Gasteiger partial charge in [-0.3, -0.25) is 13.8 Å². The molecule has 0 atom stereocenters. The predicted molar refractivity (Wildman–Crippen MR) is 161 cm³/mol. The Kier molecular flexibility index (Phi) is 8.69. The van der Waals surface area contributed by atoms with Crippen LogP contribution in [-0.4, -0.2) is 36.4 Å². The van der Waals surface area contributed by atoms with E-state index >= 15 is 0 Å². The number of rotatable bonds is 10. The first-order valence-corrected chi connectivity index (χ1v) is 15.6. The van der Waals surface area contributed by atoms with E-state index in [1.165, 1.54) is 43.5 Å². The molecule has 0 aromatic heterocycles. The van der Waals surface area contributed by atoms with Crippen LogP contribution in [0.5, 0.6) is 5.75 Å². The van der Waals surface area contributed by atoms with Gasteiger partial charge in [0, 0.05) is 5.69 Å². The van der Waals surface area contributed by atoms with Gasteiger partial charge in [-0.1, -0.05) is 47.5 Å². The van der Waals surface area contributed by atoms with Crippen LogP contribution in [0.3, 0.4) is 0 Å². The number of aryl methyl sites for hydroxylation is 3. The molecule has 0 spiro atoms. The van der Waals surface area contributed by atoms with E-state index in [1.54, 1.807) is 42.5 Å². The number of sulfonamides is 2. The van der Waals surface area contributed by atoms with Crippen LogP contribution in [0.15, 0.2) is 101 Å². The van der Waals surface area contributed by atoms with E-state index in [1.807, 2.05) is 32.9 Å². The van der Waals surface area contributed by atoms with Crippen molar-refractivity contribution in [2.75, 3.05) is 28.0 Å². The maximum atomic E-state index is 13.7. The number of anilines is 3. The highest BCUT2D eigenvalue weighted by Crippen LogP contribution is 2.32. The molecule has 0 radical (unpaired) electrons. The molecule has 0 saturated carbocycles. The molecule has 0 saturated heterocycles. The van der Waals surface area contributed by atoms with Crippen LogP contribution in [0.25, 0.3) is 0 Å². The van der Waals surface area contributed by atoms with Gasteiger partial charge in [-0.25, -0.2) is 16.8 Å². The lowest BCUT2D eigenvalue weighted by Gasteiger charge is -2.25. The average Bonchev–Trinajstić information content (AvgIpc) is 2.93. The molecule has 0 fully saturated rings. The first-order valence-electron chi connectivity index (χ1n) is 12.6. The Hall–Kier alpha value is -4.35. The van der Waals surface area contributed by atoms with Crippen LogP contribution in [-0.2, 0) is 24.8 Å². The summed E-state index contributed by atoms with van der Waals surface area (Å²) >= 11 is 0. The van der Waals surface area contributed by atoms with Crippen LogP contribution < -0.4 is 19.1 Å². The predicted octanol–water partition coefficient (Wildman–Crippen LogP) is 5.26. The van der Waals surface area contributed by atoms with Gasteiger partial charge in [-0.2, -0.15) is 0 Å². The van der Waals surface area contributed by atoms with Crippen LogP contribution in [0.1, 0.15) is 16.7 Å². The Morgan fingerprint density at radius 1 is 0.780 bits per heavy atom. The number of ether oxygens (including phenoxy) is 1. The third-order valence-corrected chi connectivity index (χ3v) is 9.48. The summed E-state index contributed by atoms with van der Waals surface area (Å²) in [6, 6.07) is 23.8. The normalized spacial score (nSPS) is 11.5. The van der Waals surface area contributed by atoms with Crippen LogP contribution >= 0.6 is 0 Å². The highest BCUT2D eigenvalue weighted by atomic mass is 32.2. The van der Waals surface area contributed by atoms with Crippen LogP contribution in [0.4, 0.5) is 17.1 Å². The molecule has 214 valence electrons. The number of benzene rings is 4. The van der Waals surface area contributed by atoms with Gasteiger partial charge in [0.2, 0.25) is 5.91 Å². The Morgan fingerprint density at radius 2 is 1.39 bits per heavy atom. The molecule has 41 heavy (non-hydrogen) atoms. The minimum atomic E-state index is -4.15. The molecule has 0 aliphatic rings. The van der Waals surface area contributed by atoms with E-state index in [2.05, 4.69) is 10.0 Å². The number of amides is 1. The van der Waals surface area contributed by atoms with E-state index in [4.69, 9.17) is 4.74 Å². The van der Waals surface area contributed by atoms with Crippen LogP contribution in [0.2, 0.25) is 0 Å². The van der Waals surface area contributed by atoms with Gasteiger partial charge in [-0.05, 0) is 80.9 Å². The van der Waals surface area contributed by atoms with Crippen molar-refractivity contribution in [2.45, 2.75) is 30.6 Å². The molecule has 0 bridgehead atoms. The molecule has 0 aliphatic carbocycles. The molecule has 0 aliphatic heterocycles. The Balaban J connectivity index is 1.56. The topological polar surface area (TPSA) is 122 Å². The summed E-state index contributed by atoms with van der Waals surface area (Å²) in [4.78, 5) is 13.2. The second-order valence-corrected chi connectivity index (χ2v) is 13.0. The molecule has 4 rings (SSSR count). The first kappa shape index (κ1) is 29.6.